The molecule has 19 heavy (non-hydrogen) atoms. The number of hydrogen-bond donors (Lipinski definition) is 1. The molecule has 102 valence electrons. The highest BCUT2D eigenvalue weighted by atomic mass is 32.1. The number of aliphatic carboxylic acids is 1. The van der Waals surface area contributed by atoms with E-state index in [4.69, 9.17) is 5.11 Å². The molecule has 1 amide bonds. The molecule has 0 bridgehead atoms. The van der Waals surface area contributed by atoms with Crippen LogP contribution in [0, 0.1) is 18.8 Å². The fourth-order valence-electron chi connectivity index (χ4n) is 2.28. The third kappa shape index (κ3) is 3.04. The van der Waals surface area contributed by atoms with Gasteiger partial charge in [0.15, 0.2) is 0 Å². The zero-order chi connectivity index (χ0) is 14.0. The summed E-state index contributed by atoms with van der Waals surface area (Å²) in [6, 6.07) is 2.01. The molecule has 1 N–H and O–H groups in total. The van der Waals surface area contributed by atoms with Gasteiger partial charge in [-0.2, -0.15) is 0 Å². The molecule has 2 unspecified atom stereocenters. The third-order valence-corrected chi connectivity index (χ3v) is 4.50. The maximum absolute atomic E-state index is 12.0. The van der Waals surface area contributed by atoms with Gasteiger partial charge in [0.2, 0.25) is 5.91 Å². The lowest BCUT2D eigenvalue weighted by Crippen LogP contribution is -2.28. The summed E-state index contributed by atoms with van der Waals surface area (Å²) in [5.74, 6) is -1.36. The molecule has 2 atom stereocenters. The second-order valence-electron chi connectivity index (χ2n) is 4.97. The summed E-state index contributed by atoms with van der Waals surface area (Å²) in [5.41, 5.74) is 1.15. The van der Waals surface area contributed by atoms with E-state index < -0.39 is 11.9 Å². The van der Waals surface area contributed by atoms with Crippen LogP contribution in [0.3, 0.4) is 0 Å². The molecule has 1 aromatic rings. The highest BCUT2D eigenvalue weighted by Gasteiger charge is 2.36. The van der Waals surface area contributed by atoms with Crippen molar-refractivity contribution in [1.82, 2.24) is 4.90 Å². The molecule has 0 aromatic carbocycles. The van der Waals surface area contributed by atoms with E-state index in [1.807, 2.05) is 25.3 Å². The van der Waals surface area contributed by atoms with Crippen LogP contribution < -0.4 is 0 Å². The van der Waals surface area contributed by atoms with Crippen LogP contribution in [-0.4, -0.2) is 35.0 Å². The van der Waals surface area contributed by atoms with Crippen molar-refractivity contribution in [2.75, 3.05) is 13.1 Å². The van der Waals surface area contributed by atoms with E-state index >= 15 is 0 Å². The Hall–Kier alpha value is -1.62. The molecule has 0 aliphatic carbocycles. The molecular weight excluding hydrogens is 262 g/mol. The standard InChI is InChI=1S/C14H17NO3S/c1-9-5-6-19-12(9)3-4-13(16)15-7-10(2)11(8-15)14(17)18/h3-6,10-11H,7-8H2,1-2H3,(H,17,18). The Kier molecular flexibility index (Phi) is 4.04. The quantitative estimate of drug-likeness (QED) is 0.863. The van der Waals surface area contributed by atoms with Crippen molar-refractivity contribution >= 4 is 29.3 Å². The minimum atomic E-state index is -0.819. The molecule has 1 aliphatic heterocycles. The zero-order valence-electron chi connectivity index (χ0n) is 11.0. The first kappa shape index (κ1) is 13.8. The number of aryl methyl sites for hydroxylation is 1. The Morgan fingerprint density at radius 1 is 1.47 bits per heavy atom. The molecule has 1 fully saturated rings. The lowest BCUT2D eigenvalue weighted by atomic mass is 9.99. The average Bonchev–Trinajstić information content (AvgIpc) is 2.92. The number of thiophene rings is 1. The van der Waals surface area contributed by atoms with Crippen LogP contribution in [0.5, 0.6) is 0 Å². The predicted molar refractivity (Wildman–Crippen MR) is 75.0 cm³/mol. The first-order valence-electron chi connectivity index (χ1n) is 6.23. The number of likely N-dealkylation sites (tertiary alicyclic amines) is 1. The first-order valence-corrected chi connectivity index (χ1v) is 7.11. The van der Waals surface area contributed by atoms with E-state index in [1.165, 1.54) is 6.08 Å². The van der Waals surface area contributed by atoms with Gasteiger partial charge in [0, 0.05) is 24.0 Å². The highest BCUT2D eigenvalue weighted by Crippen LogP contribution is 2.24. The summed E-state index contributed by atoms with van der Waals surface area (Å²) in [6.45, 7) is 4.70. The number of nitrogens with zero attached hydrogens (tertiary/aromatic N) is 1. The van der Waals surface area contributed by atoms with E-state index in [2.05, 4.69) is 0 Å². The third-order valence-electron chi connectivity index (χ3n) is 3.52. The summed E-state index contributed by atoms with van der Waals surface area (Å²) >= 11 is 1.59. The molecule has 1 saturated heterocycles. The molecule has 2 heterocycles. The Bertz CT molecular complexity index is 521. The van der Waals surface area contributed by atoms with Crippen molar-refractivity contribution in [2.45, 2.75) is 13.8 Å². The van der Waals surface area contributed by atoms with Crippen molar-refractivity contribution in [3.63, 3.8) is 0 Å². The smallest absolute Gasteiger partial charge is 0.308 e. The number of rotatable bonds is 3. The Morgan fingerprint density at radius 3 is 2.74 bits per heavy atom. The van der Waals surface area contributed by atoms with Gasteiger partial charge in [-0.25, -0.2) is 0 Å². The van der Waals surface area contributed by atoms with Gasteiger partial charge in [-0.15, -0.1) is 11.3 Å². The lowest BCUT2D eigenvalue weighted by Gasteiger charge is -2.12. The van der Waals surface area contributed by atoms with Gasteiger partial charge in [0.1, 0.15) is 0 Å². The highest BCUT2D eigenvalue weighted by molar-refractivity contribution is 7.11. The molecule has 0 radical (unpaired) electrons. The van der Waals surface area contributed by atoms with Crippen molar-refractivity contribution in [3.05, 3.63) is 28.0 Å². The normalized spacial score (nSPS) is 23.2. The van der Waals surface area contributed by atoms with Crippen molar-refractivity contribution in [3.8, 4) is 0 Å². The summed E-state index contributed by atoms with van der Waals surface area (Å²) in [7, 11) is 0. The van der Waals surface area contributed by atoms with Gasteiger partial charge >= 0.3 is 5.97 Å². The minimum absolute atomic E-state index is 0.0123. The maximum Gasteiger partial charge on any atom is 0.308 e. The number of carbonyl (C=O) groups excluding carboxylic acids is 1. The molecule has 1 aliphatic rings. The van der Waals surface area contributed by atoms with E-state index in [1.54, 1.807) is 22.3 Å². The second-order valence-corrected chi connectivity index (χ2v) is 5.91. The number of carboxylic acids is 1. The Morgan fingerprint density at radius 2 is 2.21 bits per heavy atom. The van der Waals surface area contributed by atoms with Crippen LogP contribution in [0.2, 0.25) is 0 Å². The van der Waals surface area contributed by atoms with Crippen LogP contribution in [0.4, 0.5) is 0 Å². The summed E-state index contributed by atoms with van der Waals surface area (Å²) in [4.78, 5) is 25.7. The second kappa shape index (κ2) is 5.57. The van der Waals surface area contributed by atoms with Gasteiger partial charge < -0.3 is 10.0 Å². The van der Waals surface area contributed by atoms with Crippen molar-refractivity contribution in [1.29, 1.82) is 0 Å². The van der Waals surface area contributed by atoms with E-state index in [-0.39, 0.29) is 11.8 Å². The van der Waals surface area contributed by atoms with E-state index in [0.717, 1.165) is 10.4 Å². The van der Waals surface area contributed by atoms with Gasteiger partial charge in [-0.1, -0.05) is 6.92 Å². The predicted octanol–water partition coefficient (Wildman–Crippen LogP) is 2.25. The van der Waals surface area contributed by atoms with Crippen molar-refractivity contribution < 1.29 is 14.7 Å². The number of amides is 1. The van der Waals surface area contributed by atoms with Crippen LogP contribution in [0.15, 0.2) is 17.5 Å². The minimum Gasteiger partial charge on any atom is -0.481 e. The average molecular weight is 279 g/mol. The topological polar surface area (TPSA) is 57.6 Å². The molecule has 4 nitrogen and oxygen atoms in total. The van der Waals surface area contributed by atoms with Crippen molar-refractivity contribution in [2.24, 2.45) is 11.8 Å². The first-order chi connectivity index (χ1) is 8.99. The molecule has 0 saturated carbocycles. The molecule has 5 heteroatoms. The summed E-state index contributed by atoms with van der Waals surface area (Å²) < 4.78 is 0. The maximum atomic E-state index is 12.0. The van der Waals surface area contributed by atoms with Gasteiger partial charge in [-0.05, 0) is 35.9 Å². The summed E-state index contributed by atoms with van der Waals surface area (Å²) in [5, 5.41) is 11.0. The largest absolute Gasteiger partial charge is 0.481 e. The van der Waals surface area contributed by atoms with Crippen LogP contribution in [0.1, 0.15) is 17.4 Å². The van der Waals surface area contributed by atoms with Gasteiger partial charge in [-0.3, -0.25) is 9.59 Å². The van der Waals surface area contributed by atoms with Crippen LogP contribution in [0.25, 0.3) is 6.08 Å². The lowest BCUT2D eigenvalue weighted by molar-refractivity contribution is -0.142. The van der Waals surface area contributed by atoms with E-state index in [0.29, 0.717) is 13.1 Å². The Balaban J connectivity index is 2.00. The number of carbonyl (C=O) groups is 2. The van der Waals surface area contributed by atoms with Gasteiger partial charge in [0.25, 0.3) is 0 Å². The summed E-state index contributed by atoms with van der Waals surface area (Å²) in [6.07, 6.45) is 3.34. The van der Waals surface area contributed by atoms with Gasteiger partial charge in [0.05, 0.1) is 5.92 Å². The zero-order valence-corrected chi connectivity index (χ0v) is 11.8. The molecular formula is C14H17NO3S. The fourth-order valence-corrected chi connectivity index (χ4v) is 3.10. The molecule has 0 spiro atoms. The molecule has 1 aromatic heterocycles. The fraction of sp³-hybridized carbons (Fsp3) is 0.429. The van der Waals surface area contributed by atoms with E-state index in [9.17, 15) is 9.59 Å². The molecule has 2 rings (SSSR count). The SMILES string of the molecule is Cc1ccsc1C=CC(=O)N1CC(C)C(C(=O)O)C1. The Labute approximate surface area is 116 Å². The number of hydrogen-bond acceptors (Lipinski definition) is 3. The number of carboxylic acid groups (broad SMARTS) is 1. The monoisotopic (exact) mass is 279 g/mol. The van der Waals surface area contributed by atoms with Crippen LogP contribution >= 0.6 is 11.3 Å². The van der Waals surface area contributed by atoms with Crippen LogP contribution in [-0.2, 0) is 9.59 Å².